The molecule has 0 aliphatic rings. The minimum Gasteiger partial charge on any atom is -0.456 e. The number of fused-ring (bicyclic) bond motifs is 15. The number of furan rings is 2. The van der Waals surface area contributed by atoms with Gasteiger partial charge in [0.25, 0.3) is 0 Å². The Morgan fingerprint density at radius 3 is 1.00 bits per heavy atom. The lowest BCUT2D eigenvalue weighted by atomic mass is 9.98. The van der Waals surface area contributed by atoms with Crippen molar-refractivity contribution in [1.82, 2.24) is 39.0 Å². The third kappa shape index (κ3) is 12.1. The molecule has 0 fully saturated rings. The van der Waals surface area contributed by atoms with Gasteiger partial charge in [0.05, 0.1) is 22.1 Å². The van der Waals surface area contributed by atoms with Crippen molar-refractivity contribution in [3.8, 4) is 146 Å². The Bertz CT molecular complexity index is 8580. The van der Waals surface area contributed by atoms with E-state index in [0.29, 0.717) is 34.9 Å². The lowest BCUT2D eigenvalue weighted by Gasteiger charge is -2.14. The maximum absolute atomic E-state index is 6.78. The minimum absolute atomic E-state index is 0.544. The fraction of sp³-hybridized carbons (Fsp3) is 0. The molecule has 0 amide bonds. The molecule has 0 aliphatic carbocycles. The summed E-state index contributed by atoms with van der Waals surface area (Å²) in [4.78, 5) is 32.1. The van der Waals surface area contributed by atoms with Gasteiger partial charge in [-0.3, -0.25) is 0 Å². The van der Waals surface area contributed by atoms with Crippen molar-refractivity contribution >= 4 is 119 Å². The topological polar surface area (TPSA) is 113 Å². The van der Waals surface area contributed by atoms with Gasteiger partial charge in [-0.1, -0.05) is 297 Å². The fourth-order valence-corrected chi connectivity index (χ4v) is 20.1. The summed E-state index contributed by atoms with van der Waals surface area (Å²) in [5.41, 5.74) is 28.4. The van der Waals surface area contributed by atoms with Crippen LogP contribution in [0.1, 0.15) is 0 Å². The third-order valence-electron chi connectivity index (χ3n) is 24.6. The molecule has 7 heterocycles. The zero-order valence-corrected chi connectivity index (χ0v) is 67.9. The quantitative estimate of drug-likeness (QED) is 0.106. The summed E-state index contributed by atoms with van der Waals surface area (Å²) < 4.78 is 20.7. The van der Waals surface area contributed by atoms with Crippen molar-refractivity contribution in [3.05, 3.63) is 413 Å². The molecular weight excluding hydrogens is 1550 g/mol. The second-order valence-corrected chi connectivity index (χ2v) is 33.0. The minimum atomic E-state index is 0.544. The zero-order chi connectivity index (χ0) is 82.2. The standard InChI is InChI=1S/C114H68N8O2S/c1-7-25-69(26-8-1)81-61-82(70-27-9-2-10-28-70)63-84(62-81)122-97-44-20-19-37-86(97)92-65-77(52-57-98(92)122)79-54-59-101-95(67-79)105-89(41-23-45-103(105)123-101)112-116-109(73-31-13-4-14-32-73)115-111(118-112)75-49-47-71(48-50-75)76-51-56-99-93(64-76)94-66-78(53-58-100(94)121(99)83-35-17-6-18-36-83)80-55-60-102-96(68-80)106-90(42-24-46-104(106)124-102)113-117-110(74-33-15-5-16-34-74)119-114(120-113)91-43-22-40-88-87-39-21-38-85(107(87)125-108(88)91)72-29-11-3-12-30-72/h1-68H. The van der Waals surface area contributed by atoms with E-state index in [0.717, 1.165) is 176 Å². The molecular formula is C114H68N8O2S. The van der Waals surface area contributed by atoms with Gasteiger partial charge in [-0.25, -0.2) is 29.9 Å². The molecule has 0 atom stereocenters. The molecule has 0 N–H and O–H groups in total. The molecule has 7 aromatic heterocycles. The fourth-order valence-electron chi connectivity index (χ4n) is 18.7. The number of benzene rings is 18. The Hall–Kier alpha value is -16.6. The molecule has 25 rings (SSSR count). The predicted molar refractivity (Wildman–Crippen MR) is 515 cm³/mol. The van der Waals surface area contributed by atoms with Crippen LogP contribution in [0.5, 0.6) is 0 Å². The average molecular weight is 1610 g/mol. The second-order valence-electron chi connectivity index (χ2n) is 32.0. The maximum atomic E-state index is 6.78. The molecule has 25 aromatic rings. The van der Waals surface area contributed by atoms with E-state index in [4.69, 9.17) is 38.7 Å². The highest BCUT2D eigenvalue weighted by molar-refractivity contribution is 7.26. The summed E-state index contributed by atoms with van der Waals surface area (Å²) in [6.45, 7) is 0. The van der Waals surface area contributed by atoms with Crippen molar-refractivity contribution in [2.24, 2.45) is 0 Å². The average Bonchev–Trinajstić information content (AvgIpc) is 1.60. The van der Waals surface area contributed by atoms with E-state index in [-0.39, 0.29) is 0 Å². The highest BCUT2D eigenvalue weighted by Gasteiger charge is 2.26. The van der Waals surface area contributed by atoms with Gasteiger partial charge in [-0.05, 0) is 182 Å². The normalized spacial score (nSPS) is 11.8. The Kier molecular flexibility index (Phi) is 16.6. The van der Waals surface area contributed by atoms with Crippen molar-refractivity contribution in [1.29, 1.82) is 0 Å². The van der Waals surface area contributed by atoms with Crippen molar-refractivity contribution in [2.75, 3.05) is 0 Å². The van der Waals surface area contributed by atoms with Gasteiger partial charge in [0.15, 0.2) is 34.9 Å². The van der Waals surface area contributed by atoms with E-state index in [2.05, 4.69) is 361 Å². The number of rotatable bonds is 14. The monoisotopic (exact) mass is 1610 g/mol. The van der Waals surface area contributed by atoms with Gasteiger partial charge in [-0.2, -0.15) is 0 Å². The van der Waals surface area contributed by atoms with E-state index in [1.807, 2.05) is 60.7 Å². The second kappa shape index (κ2) is 29.1. The first-order valence-corrected chi connectivity index (χ1v) is 42.8. The Labute approximate surface area is 720 Å². The summed E-state index contributed by atoms with van der Waals surface area (Å²) in [5, 5.41) is 10.7. The molecule has 0 saturated carbocycles. The first-order chi connectivity index (χ1) is 61.9. The Morgan fingerprint density at radius 2 is 0.496 bits per heavy atom. The lowest BCUT2D eigenvalue weighted by Crippen LogP contribution is -2.00. The molecule has 18 aromatic carbocycles. The van der Waals surface area contributed by atoms with Gasteiger partial charge in [0.1, 0.15) is 22.3 Å². The van der Waals surface area contributed by atoms with E-state index >= 15 is 0 Å². The first kappa shape index (κ1) is 71.3. The highest BCUT2D eigenvalue weighted by atomic mass is 32.1. The predicted octanol–water partition coefficient (Wildman–Crippen LogP) is 30.4. The summed E-state index contributed by atoms with van der Waals surface area (Å²) in [6, 6.07) is 146. The SMILES string of the molecule is c1ccc(-c2cc(-c3ccccc3)cc(-n3c4ccccc4c4cc(-c5ccc6oc7cccc(-c8nc(-c9ccccc9)nc(-c9ccc(-c%10ccc%11c(c%10)c%10cc(-c%12ccc%13oc%14cccc(-c%15nc(-c%16ccccc%16)nc(-c%16cccc%17c%16sc%16c(-c%18ccccc%18)cccc%16%17)n%15)c%14c%13c%12)ccc%10n%11-c%10ccccc%10)cc9)n8)c7c6c5)ccc43)c2)cc1. The van der Waals surface area contributed by atoms with Gasteiger partial charge < -0.3 is 18.0 Å². The van der Waals surface area contributed by atoms with Gasteiger partial charge in [-0.15, -0.1) is 11.3 Å². The van der Waals surface area contributed by atoms with E-state index in [1.165, 1.54) is 43.1 Å². The van der Waals surface area contributed by atoms with Gasteiger partial charge in [0, 0.05) is 108 Å². The summed E-state index contributed by atoms with van der Waals surface area (Å²) in [6.07, 6.45) is 0. The van der Waals surface area contributed by atoms with Crippen molar-refractivity contribution in [3.63, 3.8) is 0 Å². The van der Waals surface area contributed by atoms with E-state index in [9.17, 15) is 0 Å². The number of hydrogen-bond donors (Lipinski definition) is 0. The summed E-state index contributed by atoms with van der Waals surface area (Å²) >= 11 is 1.79. The maximum Gasteiger partial charge on any atom is 0.165 e. The lowest BCUT2D eigenvalue weighted by molar-refractivity contribution is 0.668. The molecule has 0 radical (unpaired) electrons. The van der Waals surface area contributed by atoms with Crippen LogP contribution < -0.4 is 0 Å². The number of thiophene rings is 1. The highest BCUT2D eigenvalue weighted by Crippen LogP contribution is 2.48. The van der Waals surface area contributed by atoms with Crippen LogP contribution in [0.4, 0.5) is 0 Å². The molecule has 11 heteroatoms. The molecule has 0 bridgehead atoms. The number of hydrogen-bond acceptors (Lipinski definition) is 9. The van der Waals surface area contributed by atoms with Crippen LogP contribution in [-0.2, 0) is 0 Å². The smallest absolute Gasteiger partial charge is 0.165 e. The number of aromatic nitrogens is 8. The molecule has 582 valence electrons. The third-order valence-corrected chi connectivity index (χ3v) is 25.9. The van der Waals surface area contributed by atoms with Gasteiger partial charge in [0.2, 0.25) is 0 Å². The van der Waals surface area contributed by atoms with Crippen molar-refractivity contribution in [2.45, 2.75) is 0 Å². The zero-order valence-electron chi connectivity index (χ0n) is 67.1. The Balaban J connectivity index is 0.569. The van der Waals surface area contributed by atoms with Crippen LogP contribution in [0.3, 0.4) is 0 Å². The first-order valence-electron chi connectivity index (χ1n) is 42.0. The number of nitrogens with zero attached hydrogens (tertiary/aromatic N) is 8. The summed E-state index contributed by atoms with van der Waals surface area (Å²) in [7, 11) is 0. The summed E-state index contributed by atoms with van der Waals surface area (Å²) in [5.74, 6) is 3.42. The van der Waals surface area contributed by atoms with Crippen LogP contribution in [0.2, 0.25) is 0 Å². The van der Waals surface area contributed by atoms with Crippen LogP contribution in [0, 0.1) is 0 Å². The molecule has 0 spiro atoms. The van der Waals surface area contributed by atoms with Crippen LogP contribution >= 0.6 is 11.3 Å². The molecule has 0 unspecified atom stereocenters. The molecule has 125 heavy (non-hydrogen) atoms. The van der Waals surface area contributed by atoms with Gasteiger partial charge >= 0.3 is 0 Å². The molecule has 10 nitrogen and oxygen atoms in total. The molecule has 0 saturated heterocycles. The van der Waals surface area contributed by atoms with E-state index in [1.54, 1.807) is 11.3 Å². The van der Waals surface area contributed by atoms with Crippen LogP contribution in [0.25, 0.3) is 254 Å². The number of para-hydroxylation sites is 2. The van der Waals surface area contributed by atoms with Crippen molar-refractivity contribution < 1.29 is 8.83 Å². The van der Waals surface area contributed by atoms with Crippen LogP contribution in [0.15, 0.2) is 421 Å². The Morgan fingerprint density at radius 1 is 0.176 bits per heavy atom. The van der Waals surface area contributed by atoms with Crippen LogP contribution in [-0.4, -0.2) is 39.0 Å². The molecule has 0 aliphatic heterocycles. The van der Waals surface area contributed by atoms with E-state index < -0.39 is 0 Å². The largest absolute Gasteiger partial charge is 0.456 e.